The van der Waals surface area contributed by atoms with E-state index in [0.717, 1.165) is 0 Å². The van der Waals surface area contributed by atoms with Crippen LogP contribution in [0.15, 0.2) is 18.3 Å². The Balaban J connectivity index is 2.53. The Morgan fingerprint density at radius 2 is 2.18 bits per heavy atom. The fraction of sp³-hybridized carbons (Fsp3) is 0.500. The molecule has 0 atom stereocenters. The topological polar surface area (TPSA) is 60.5 Å². The number of nitrogens with one attached hydrogen (secondary N) is 1. The maximum absolute atomic E-state index is 11.4. The van der Waals surface area contributed by atoms with E-state index in [-0.39, 0.29) is 6.54 Å². The molecule has 0 bridgehead atoms. The Labute approximate surface area is 101 Å². The quantitative estimate of drug-likeness (QED) is 0.876. The van der Waals surface area contributed by atoms with Crippen molar-refractivity contribution in [2.24, 2.45) is 0 Å². The first kappa shape index (κ1) is 13.3. The zero-order valence-electron chi connectivity index (χ0n) is 10.6. The summed E-state index contributed by atoms with van der Waals surface area (Å²) in [5.74, 6) is 0.642. The van der Waals surface area contributed by atoms with Crippen LogP contribution < -0.4 is 10.1 Å². The van der Waals surface area contributed by atoms with Crippen molar-refractivity contribution in [3.8, 4) is 5.75 Å². The van der Waals surface area contributed by atoms with Crippen molar-refractivity contribution >= 4 is 6.09 Å². The largest absolute Gasteiger partial charge is 0.495 e. The van der Waals surface area contributed by atoms with Crippen LogP contribution in [0.25, 0.3) is 0 Å². The molecule has 0 aliphatic rings. The molecule has 1 heterocycles. The van der Waals surface area contributed by atoms with Crippen LogP contribution >= 0.6 is 0 Å². The van der Waals surface area contributed by atoms with Crippen molar-refractivity contribution in [2.45, 2.75) is 32.9 Å². The van der Waals surface area contributed by atoms with Gasteiger partial charge in [0.05, 0.1) is 13.7 Å². The van der Waals surface area contributed by atoms with Crippen LogP contribution in [0.5, 0.6) is 5.75 Å². The Kier molecular flexibility index (Phi) is 4.31. The van der Waals surface area contributed by atoms with E-state index in [1.807, 2.05) is 20.8 Å². The number of methoxy groups -OCH3 is 1. The lowest BCUT2D eigenvalue weighted by atomic mass is 10.2. The van der Waals surface area contributed by atoms with Gasteiger partial charge in [0.1, 0.15) is 17.0 Å². The molecule has 0 aliphatic heterocycles. The number of amides is 1. The average Bonchev–Trinajstić information content (AvgIpc) is 2.24. The molecule has 1 rings (SSSR count). The highest BCUT2D eigenvalue weighted by Gasteiger charge is 2.16. The third-order valence-corrected chi connectivity index (χ3v) is 1.87. The van der Waals surface area contributed by atoms with Gasteiger partial charge in [-0.05, 0) is 32.9 Å². The molecule has 0 aromatic carbocycles. The highest BCUT2D eigenvalue weighted by molar-refractivity contribution is 5.67. The lowest BCUT2D eigenvalue weighted by molar-refractivity contribution is 0.0522. The van der Waals surface area contributed by atoms with E-state index in [4.69, 9.17) is 9.47 Å². The summed E-state index contributed by atoms with van der Waals surface area (Å²) in [5.41, 5.74) is 0.166. The van der Waals surface area contributed by atoms with Crippen LogP contribution in [0.1, 0.15) is 26.5 Å². The highest BCUT2D eigenvalue weighted by Crippen LogP contribution is 2.14. The van der Waals surface area contributed by atoms with Crippen LogP contribution in [0.4, 0.5) is 4.79 Å². The minimum atomic E-state index is -0.502. The van der Waals surface area contributed by atoms with E-state index < -0.39 is 11.7 Å². The normalized spacial score (nSPS) is 10.8. The molecular weight excluding hydrogens is 220 g/mol. The molecule has 5 heteroatoms. The summed E-state index contributed by atoms with van der Waals surface area (Å²) in [7, 11) is 1.56. The lowest BCUT2D eigenvalue weighted by Gasteiger charge is -2.19. The van der Waals surface area contributed by atoms with E-state index in [1.165, 1.54) is 0 Å². The fourth-order valence-electron chi connectivity index (χ4n) is 1.21. The summed E-state index contributed by atoms with van der Waals surface area (Å²) in [5, 5.41) is 2.63. The zero-order chi connectivity index (χ0) is 12.9. The van der Waals surface area contributed by atoms with Gasteiger partial charge >= 0.3 is 6.09 Å². The SMILES string of the molecule is COc1cccnc1CNC(=O)OC(C)(C)C. The second-order valence-corrected chi connectivity index (χ2v) is 4.51. The number of hydrogen-bond donors (Lipinski definition) is 1. The Hall–Kier alpha value is -1.78. The van der Waals surface area contributed by atoms with Crippen molar-refractivity contribution in [2.75, 3.05) is 7.11 Å². The molecule has 0 saturated carbocycles. The van der Waals surface area contributed by atoms with Crippen LogP contribution in [-0.4, -0.2) is 23.8 Å². The number of carbonyl (C=O) groups excluding carboxylic acids is 1. The van der Waals surface area contributed by atoms with E-state index in [2.05, 4.69) is 10.3 Å². The molecule has 1 aromatic heterocycles. The number of hydrogen-bond acceptors (Lipinski definition) is 4. The van der Waals surface area contributed by atoms with Crippen molar-refractivity contribution in [1.29, 1.82) is 0 Å². The predicted molar refractivity (Wildman–Crippen MR) is 63.9 cm³/mol. The van der Waals surface area contributed by atoms with Crippen molar-refractivity contribution in [1.82, 2.24) is 10.3 Å². The Morgan fingerprint density at radius 1 is 1.47 bits per heavy atom. The zero-order valence-corrected chi connectivity index (χ0v) is 10.6. The van der Waals surface area contributed by atoms with Gasteiger partial charge in [0.2, 0.25) is 0 Å². The summed E-state index contributed by atoms with van der Waals surface area (Å²) in [4.78, 5) is 15.6. The van der Waals surface area contributed by atoms with Gasteiger partial charge in [0, 0.05) is 6.20 Å². The third-order valence-electron chi connectivity index (χ3n) is 1.87. The first-order valence-electron chi connectivity index (χ1n) is 5.37. The number of ether oxygens (including phenoxy) is 2. The fourth-order valence-corrected chi connectivity index (χ4v) is 1.21. The number of pyridine rings is 1. The number of aromatic nitrogens is 1. The summed E-state index contributed by atoms with van der Waals surface area (Å²) >= 11 is 0. The average molecular weight is 238 g/mol. The molecule has 0 spiro atoms. The van der Waals surface area contributed by atoms with Crippen molar-refractivity contribution in [3.05, 3.63) is 24.0 Å². The highest BCUT2D eigenvalue weighted by atomic mass is 16.6. The van der Waals surface area contributed by atoms with Gasteiger partial charge in [-0.15, -0.1) is 0 Å². The summed E-state index contributed by atoms with van der Waals surface area (Å²) < 4.78 is 10.2. The maximum Gasteiger partial charge on any atom is 0.407 e. The van der Waals surface area contributed by atoms with Crippen LogP contribution in [0, 0.1) is 0 Å². The molecule has 17 heavy (non-hydrogen) atoms. The second-order valence-electron chi connectivity index (χ2n) is 4.51. The molecule has 0 unspecified atom stereocenters. The molecule has 0 saturated heterocycles. The van der Waals surface area contributed by atoms with E-state index >= 15 is 0 Å². The summed E-state index contributed by atoms with van der Waals surface area (Å²) in [6.45, 7) is 5.72. The first-order chi connectivity index (χ1) is 7.92. The maximum atomic E-state index is 11.4. The van der Waals surface area contributed by atoms with Crippen LogP contribution in [0.3, 0.4) is 0 Å². The second kappa shape index (κ2) is 5.52. The molecule has 0 radical (unpaired) electrons. The van der Waals surface area contributed by atoms with Gasteiger partial charge in [-0.25, -0.2) is 4.79 Å². The summed E-state index contributed by atoms with van der Waals surface area (Å²) in [6.07, 6.45) is 1.18. The van der Waals surface area contributed by atoms with E-state index in [0.29, 0.717) is 11.4 Å². The van der Waals surface area contributed by atoms with E-state index in [9.17, 15) is 4.79 Å². The summed E-state index contributed by atoms with van der Waals surface area (Å²) in [6, 6.07) is 3.56. The van der Waals surface area contributed by atoms with Gasteiger partial charge in [-0.1, -0.05) is 0 Å². The minimum Gasteiger partial charge on any atom is -0.495 e. The molecule has 1 N–H and O–H groups in total. The molecule has 1 amide bonds. The van der Waals surface area contributed by atoms with Crippen molar-refractivity contribution < 1.29 is 14.3 Å². The van der Waals surface area contributed by atoms with Gasteiger partial charge in [0.15, 0.2) is 0 Å². The van der Waals surface area contributed by atoms with Gasteiger partial charge < -0.3 is 14.8 Å². The Bertz CT molecular complexity index is 386. The van der Waals surface area contributed by atoms with E-state index in [1.54, 1.807) is 25.4 Å². The lowest BCUT2D eigenvalue weighted by Crippen LogP contribution is -2.32. The Morgan fingerprint density at radius 3 is 2.76 bits per heavy atom. The van der Waals surface area contributed by atoms with Gasteiger partial charge in [-0.3, -0.25) is 4.98 Å². The van der Waals surface area contributed by atoms with Crippen molar-refractivity contribution in [3.63, 3.8) is 0 Å². The molecule has 1 aromatic rings. The monoisotopic (exact) mass is 238 g/mol. The number of alkyl carbamates (subject to hydrolysis) is 1. The number of rotatable bonds is 3. The molecular formula is C12H18N2O3. The number of nitrogens with zero attached hydrogens (tertiary/aromatic N) is 1. The molecule has 5 nitrogen and oxygen atoms in total. The molecule has 94 valence electrons. The first-order valence-corrected chi connectivity index (χ1v) is 5.37. The molecule has 0 fully saturated rings. The van der Waals surface area contributed by atoms with Crippen LogP contribution in [0.2, 0.25) is 0 Å². The van der Waals surface area contributed by atoms with Gasteiger partial charge in [-0.2, -0.15) is 0 Å². The van der Waals surface area contributed by atoms with Crippen LogP contribution in [-0.2, 0) is 11.3 Å². The van der Waals surface area contributed by atoms with Gasteiger partial charge in [0.25, 0.3) is 0 Å². The minimum absolute atomic E-state index is 0.277. The third kappa shape index (κ3) is 4.72. The smallest absolute Gasteiger partial charge is 0.407 e. The number of carbonyl (C=O) groups is 1. The predicted octanol–water partition coefficient (Wildman–Crippen LogP) is 2.11. The standard InChI is InChI=1S/C12H18N2O3/c1-12(2,3)17-11(15)14-8-9-10(16-4)6-5-7-13-9/h5-7H,8H2,1-4H3,(H,14,15). The molecule has 0 aliphatic carbocycles.